The molecule has 0 fully saturated rings. The number of rotatable bonds is 7. The lowest BCUT2D eigenvalue weighted by molar-refractivity contribution is -0.119. The van der Waals surface area contributed by atoms with Crippen LogP contribution in [0.1, 0.15) is 32.8 Å². The van der Waals surface area contributed by atoms with Gasteiger partial charge in [0.25, 0.3) is 0 Å². The van der Waals surface area contributed by atoms with Crippen LogP contribution in [0.2, 0.25) is 0 Å². The molecule has 6 heteroatoms. The Kier molecular flexibility index (Phi) is 6.05. The van der Waals surface area contributed by atoms with E-state index >= 15 is 0 Å². The lowest BCUT2D eigenvalue weighted by Crippen LogP contribution is -2.35. The van der Waals surface area contributed by atoms with E-state index in [1.807, 2.05) is 20.8 Å². The topological polar surface area (TPSA) is 78.9 Å². The Morgan fingerprint density at radius 1 is 1.26 bits per heavy atom. The zero-order valence-electron chi connectivity index (χ0n) is 12.1. The molecule has 0 saturated carbocycles. The molecule has 0 aromatic carbocycles. The molecule has 0 aliphatic heterocycles. The van der Waals surface area contributed by atoms with Crippen molar-refractivity contribution in [2.75, 3.05) is 23.7 Å². The normalized spacial score (nSPS) is 10.4. The molecule has 0 radical (unpaired) electrons. The summed E-state index contributed by atoms with van der Waals surface area (Å²) in [6, 6.07) is 0.141. The standard InChI is InChI=1S/C13H23N5O/c1-5-6-14-12-10(4)13(17-8-16-12)15-7-11(19)18-9(2)3/h8-9H,5-7H2,1-4H3,(H,18,19)(H2,14,15,16,17). The Morgan fingerprint density at radius 3 is 2.47 bits per heavy atom. The van der Waals surface area contributed by atoms with Gasteiger partial charge in [-0.15, -0.1) is 0 Å². The van der Waals surface area contributed by atoms with E-state index in [4.69, 9.17) is 0 Å². The summed E-state index contributed by atoms with van der Waals surface area (Å²) < 4.78 is 0. The summed E-state index contributed by atoms with van der Waals surface area (Å²) in [7, 11) is 0. The summed E-state index contributed by atoms with van der Waals surface area (Å²) in [5.74, 6) is 1.45. The highest BCUT2D eigenvalue weighted by molar-refractivity contribution is 5.81. The van der Waals surface area contributed by atoms with Crippen molar-refractivity contribution in [1.29, 1.82) is 0 Å². The second-order valence-electron chi connectivity index (χ2n) is 4.70. The lowest BCUT2D eigenvalue weighted by atomic mass is 10.3. The van der Waals surface area contributed by atoms with Gasteiger partial charge in [0.05, 0.1) is 6.54 Å². The van der Waals surface area contributed by atoms with Crippen molar-refractivity contribution in [3.05, 3.63) is 11.9 Å². The van der Waals surface area contributed by atoms with Crippen molar-refractivity contribution >= 4 is 17.5 Å². The summed E-state index contributed by atoms with van der Waals surface area (Å²) >= 11 is 0. The Balaban J connectivity index is 2.61. The van der Waals surface area contributed by atoms with E-state index in [0.717, 1.165) is 24.3 Å². The molecule has 106 valence electrons. The lowest BCUT2D eigenvalue weighted by Gasteiger charge is -2.13. The van der Waals surface area contributed by atoms with Gasteiger partial charge < -0.3 is 16.0 Å². The van der Waals surface area contributed by atoms with Crippen LogP contribution in [0.5, 0.6) is 0 Å². The first-order chi connectivity index (χ1) is 9.04. The van der Waals surface area contributed by atoms with Gasteiger partial charge in [0, 0.05) is 18.2 Å². The highest BCUT2D eigenvalue weighted by Crippen LogP contribution is 2.17. The van der Waals surface area contributed by atoms with Gasteiger partial charge in [-0.05, 0) is 27.2 Å². The third-order valence-electron chi connectivity index (χ3n) is 2.49. The van der Waals surface area contributed by atoms with Crippen LogP contribution in [-0.4, -0.2) is 35.0 Å². The molecular weight excluding hydrogens is 242 g/mol. The molecule has 1 amide bonds. The van der Waals surface area contributed by atoms with Crippen molar-refractivity contribution in [2.24, 2.45) is 0 Å². The summed E-state index contributed by atoms with van der Waals surface area (Å²) in [6.45, 7) is 8.97. The van der Waals surface area contributed by atoms with E-state index in [-0.39, 0.29) is 18.5 Å². The molecule has 1 heterocycles. The fourth-order valence-corrected chi connectivity index (χ4v) is 1.59. The zero-order valence-corrected chi connectivity index (χ0v) is 12.1. The third kappa shape index (κ3) is 5.11. The number of carbonyl (C=O) groups is 1. The first-order valence-electron chi connectivity index (χ1n) is 6.63. The van der Waals surface area contributed by atoms with Gasteiger partial charge in [-0.1, -0.05) is 6.92 Å². The Bertz CT molecular complexity index is 419. The van der Waals surface area contributed by atoms with Gasteiger partial charge in [-0.2, -0.15) is 0 Å². The third-order valence-corrected chi connectivity index (χ3v) is 2.49. The molecule has 0 spiro atoms. The van der Waals surface area contributed by atoms with Crippen molar-refractivity contribution in [3.63, 3.8) is 0 Å². The predicted molar refractivity (Wildman–Crippen MR) is 77.3 cm³/mol. The minimum absolute atomic E-state index is 0.0453. The summed E-state index contributed by atoms with van der Waals surface area (Å²) in [5, 5.41) is 9.08. The molecule has 3 N–H and O–H groups in total. The summed E-state index contributed by atoms with van der Waals surface area (Å²) in [6.07, 6.45) is 2.52. The van der Waals surface area contributed by atoms with Crippen molar-refractivity contribution in [1.82, 2.24) is 15.3 Å². The van der Waals surface area contributed by atoms with Gasteiger partial charge in [-0.25, -0.2) is 9.97 Å². The molecule has 0 aliphatic carbocycles. The maximum Gasteiger partial charge on any atom is 0.239 e. The fourth-order valence-electron chi connectivity index (χ4n) is 1.59. The quantitative estimate of drug-likeness (QED) is 0.697. The second-order valence-corrected chi connectivity index (χ2v) is 4.70. The number of amides is 1. The van der Waals surface area contributed by atoms with Crippen molar-refractivity contribution < 1.29 is 4.79 Å². The second kappa shape index (κ2) is 7.56. The van der Waals surface area contributed by atoms with E-state index in [2.05, 4.69) is 32.8 Å². The minimum atomic E-state index is -0.0453. The van der Waals surface area contributed by atoms with E-state index in [0.29, 0.717) is 5.82 Å². The Morgan fingerprint density at radius 2 is 1.89 bits per heavy atom. The maximum absolute atomic E-state index is 11.6. The first kappa shape index (κ1) is 15.2. The molecular formula is C13H23N5O. The molecule has 0 saturated heterocycles. The van der Waals surface area contributed by atoms with Gasteiger partial charge in [0.2, 0.25) is 5.91 Å². The summed E-state index contributed by atoms with van der Waals surface area (Å²) in [4.78, 5) is 19.9. The molecule has 0 atom stereocenters. The Labute approximate surface area is 114 Å². The fraction of sp³-hybridized carbons (Fsp3) is 0.615. The molecule has 0 bridgehead atoms. The maximum atomic E-state index is 11.6. The largest absolute Gasteiger partial charge is 0.370 e. The molecule has 19 heavy (non-hydrogen) atoms. The smallest absolute Gasteiger partial charge is 0.239 e. The van der Waals surface area contributed by atoms with Gasteiger partial charge >= 0.3 is 0 Å². The van der Waals surface area contributed by atoms with Gasteiger partial charge in [0.1, 0.15) is 18.0 Å². The van der Waals surface area contributed by atoms with Crippen LogP contribution in [0, 0.1) is 6.92 Å². The number of nitrogens with one attached hydrogen (secondary N) is 3. The van der Waals surface area contributed by atoms with Crippen LogP contribution in [0.4, 0.5) is 11.6 Å². The van der Waals surface area contributed by atoms with Crippen LogP contribution >= 0.6 is 0 Å². The van der Waals surface area contributed by atoms with Gasteiger partial charge in [-0.3, -0.25) is 4.79 Å². The highest BCUT2D eigenvalue weighted by atomic mass is 16.1. The Hall–Kier alpha value is -1.85. The highest BCUT2D eigenvalue weighted by Gasteiger charge is 2.08. The van der Waals surface area contributed by atoms with E-state index < -0.39 is 0 Å². The van der Waals surface area contributed by atoms with E-state index in [1.54, 1.807) is 0 Å². The number of nitrogens with zero attached hydrogens (tertiary/aromatic N) is 2. The SMILES string of the molecule is CCCNc1ncnc(NCC(=O)NC(C)C)c1C. The van der Waals surface area contributed by atoms with Crippen LogP contribution < -0.4 is 16.0 Å². The average molecular weight is 265 g/mol. The number of hydrogen-bond donors (Lipinski definition) is 3. The van der Waals surface area contributed by atoms with Crippen LogP contribution in [0.3, 0.4) is 0 Å². The number of aromatic nitrogens is 2. The summed E-state index contributed by atoms with van der Waals surface area (Å²) in [5.41, 5.74) is 0.924. The van der Waals surface area contributed by atoms with Crippen LogP contribution in [0.25, 0.3) is 0 Å². The monoisotopic (exact) mass is 265 g/mol. The van der Waals surface area contributed by atoms with Crippen LogP contribution in [-0.2, 0) is 4.79 Å². The molecule has 1 aromatic heterocycles. The zero-order chi connectivity index (χ0) is 14.3. The minimum Gasteiger partial charge on any atom is -0.370 e. The average Bonchev–Trinajstić information content (AvgIpc) is 2.35. The number of anilines is 2. The number of carbonyl (C=O) groups excluding carboxylic acids is 1. The van der Waals surface area contributed by atoms with E-state index in [1.165, 1.54) is 6.33 Å². The van der Waals surface area contributed by atoms with Crippen LogP contribution in [0.15, 0.2) is 6.33 Å². The molecule has 6 nitrogen and oxygen atoms in total. The van der Waals surface area contributed by atoms with Crippen molar-refractivity contribution in [3.8, 4) is 0 Å². The molecule has 0 unspecified atom stereocenters. The molecule has 1 rings (SSSR count). The first-order valence-corrected chi connectivity index (χ1v) is 6.63. The van der Waals surface area contributed by atoms with Gasteiger partial charge in [0.15, 0.2) is 0 Å². The number of hydrogen-bond acceptors (Lipinski definition) is 5. The van der Waals surface area contributed by atoms with Crippen molar-refractivity contribution in [2.45, 2.75) is 40.2 Å². The molecule has 0 aliphatic rings. The predicted octanol–water partition coefficient (Wildman–Crippen LogP) is 1.54. The van der Waals surface area contributed by atoms with E-state index in [9.17, 15) is 4.79 Å². The molecule has 1 aromatic rings.